The first kappa shape index (κ1) is 7.36. The number of hydrogen-bond donors (Lipinski definition) is 0. The molecule has 0 bridgehead atoms. The molecule has 2 aromatic rings. The van der Waals surface area contributed by atoms with Crippen molar-refractivity contribution in [3.8, 4) is 5.88 Å². The van der Waals surface area contributed by atoms with Crippen LogP contribution in [0, 0.1) is 0 Å². The van der Waals surface area contributed by atoms with Gasteiger partial charge in [-0.15, -0.1) is 0 Å². The molecule has 2 heterocycles. The van der Waals surface area contributed by atoms with Crippen molar-refractivity contribution in [2.24, 2.45) is 0 Å². The molecule has 0 aliphatic carbocycles. The van der Waals surface area contributed by atoms with Gasteiger partial charge in [0.05, 0.1) is 13.3 Å². The summed E-state index contributed by atoms with van der Waals surface area (Å²) in [6.45, 7) is 0. The third-order valence-electron chi connectivity index (χ3n) is 1.51. The van der Waals surface area contributed by atoms with Gasteiger partial charge in [0.15, 0.2) is 5.65 Å². The highest BCUT2D eigenvalue weighted by Gasteiger charge is 2.03. The van der Waals surface area contributed by atoms with Gasteiger partial charge in [-0.3, -0.25) is 0 Å². The minimum absolute atomic E-state index is 0.522. The van der Waals surface area contributed by atoms with Gasteiger partial charge in [-0.25, -0.2) is 4.52 Å². The fourth-order valence-corrected chi connectivity index (χ4v) is 1.11. The van der Waals surface area contributed by atoms with Crippen LogP contribution in [0.3, 0.4) is 0 Å². The average molecular weight is 184 g/mol. The summed E-state index contributed by atoms with van der Waals surface area (Å²) in [7, 11) is 1.56. The number of halogens is 1. The predicted octanol–water partition coefficient (Wildman–Crippen LogP) is 1.39. The fourth-order valence-electron chi connectivity index (χ4n) is 0.938. The second-order valence-electron chi connectivity index (χ2n) is 2.23. The predicted molar refractivity (Wildman–Crippen MR) is 44.5 cm³/mol. The number of nitrogens with zero attached hydrogens (tertiary/aromatic N) is 3. The fraction of sp³-hybridized carbons (Fsp3) is 0.143. The second kappa shape index (κ2) is 2.64. The number of methoxy groups -OCH3 is 1. The molecule has 2 rings (SSSR count). The Hall–Kier alpha value is -1.29. The normalized spacial score (nSPS) is 10.5. The third kappa shape index (κ3) is 1.00. The van der Waals surface area contributed by atoms with Crippen molar-refractivity contribution >= 4 is 17.2 Å². The summed E-state index contributed by atoms with van der Waals surface area (Å²) in [5, 5.41) is 4.48. The number of aromatic nitrogens is 3. The summed E-state index contributed by atoms with van der Waals surface area (Å²) in [6, 6.07) is 1.72. The molecular weight excluding hydrogens is 178 g/mol. The molecule has 2 aromatic heterocycles. The molecule has 0 saturated carbocycles. The Morgan fingerprint density at radius 3 is 3.17 bits per heavy atom. The average Bonchev–Trinajstić information content (AvgIpc) is 2.47. The zero-order valence-electron chi connectivity index (χ0n) is 6.36. The molecule has 12 heavy (non-hydrogen) atoms. The first-order valence-corrected chi connectivity index (χ1v) is 3.73. The summed E-state index contributed by atoms with van der Waals surface area (Å²) >= 11 is 5.80. The Morgan fingerprint density at radius 1 is 1.58 bits per heavy atom. The summed E-state index contributed by atoms with van der Waals surface area (Å²) in [5.74, 6) is 0.532. The van der Waals surface area contributed by atoms with Crippen molar-refractivity contribution in [3.05, 3.63) is 23.5 Å². The first-order valence-electron chi connectivity index (χ1n) is 3.35. The van der Waals surface area contributed by atoms with Crippen LogP contribution in [0.5, 0.6) is 5.88 Å². The van der Waals surface area contributed by atoms with Gasteiger partial charge in [-0.05, 0) is 0 Å². The first-order chi connectivity index (χ1) is 5.81. The molecule has 4 nitrogen and oxygen atoms in total. The number of fused-ring (bicyclic) bond motifs is 1. The van der Waals surface area contributed by atoms with Crippen molar-refractivity contribution in [1.29, 1.82) is 0 Å². The van der Waals surface area contributed by atoms with Crippen LogP contribution < -0.4 is 4.74 Å². The maximum atomic E-state index is 5.80. The van der Waals surface area contributed by atoms with E-state index in [-0.39, 0.29) is 0 Å². The molecule has 0 aliphatic rings. The highest BCUT2D eigenvalue weighted by molar-refractivity contribution is 6.33. The van der Waals surface area contributed by atoms with Crippen molar-refractivity contribution in [3.63, 3.8) is 0 Å². The zero-order valence-corrected chi connectivity index (χ0v) is 7.12. The van der Waals surface area contributed by atoms with Gasteiger partial charge in [0, 0.05) is 12.3 Å². The van der Waals surface area contributed by atoms with Gasteiger partial charge in [0.1, 0.15) is 5.02 Å². The molecule has 0 amide bonds. The van der Waals surface area contributed by atoms with Gasteiger partial charge in [-0.1, -0.05) is 11.6 Å². The Labute approximate surface area is 73.7 Å². The minimum Gasteiger partial charge on any atom is -0.481 e. The Bertz CT molecular complexity index is 412. The lowest BCUT2D eigenvalue weighted by molar-refractivity contribution is 0.398. The van der Waals surface area contributed by atoms with E-state index in [1.807, 2.05) is 0 Å². The molecule has 5 heteroatoms. The molecule has 0 N–H and O–H groups in total. The standard InChI is InChI=1S/C7H6ClN3O/c1-12-6-2-3-11-7(10-6)5(8)4-9-11/h2-4H,1H3. The lowest BCUT2D eigenvalue weighted by Gasteiger charge is -1.97. The SMILES string of the molecule is COc1ccn2ncc(Cl)c2n1. The van der Waals surface area contributed by atoms with Crippen molar-refractivity contribution < 1.29 is 4.74 Å². The highest BCUT2D eigenvalue weighted by atomic mass is 35.5. The number of hydrogen-bond acceptors (Lipinski definition) is 3. The molecule has 0 unspecified atom stereocenters. The van der Waals surface area contributed by atoms with E-state index in [1.165, 1.54) is 0 Å². The number of rotatable bonds is 1. The smallest absolute Gasteiger partial charge is 0.216 e. The van der Waals surface area contributed by atoms with Crippen LogP contribution in [0.4, 0.5) is 0 Å². The van der Waals surface area contributed by atoms with Crippen LogP contribution in [0.2, 0.25) is 5.02 Å². The van der Waals surface area contributed by atoms with Gasteiger partial charge >= 0.3 is 0 Å². The summed E-state index contributed by atoms with van der Waals surface area (Å²) in [5.41, 5.74) is 0.607. The maximum Gasteiger partial charge on any atom is 0.216 e. The van der Waals surface area contributed by atoms with E-state index in [9.17, 15) is 0 Å². The Balaban J connectivity index is 2.71. The van der Waals surface area contributed by atoms with Crippen LogP contribution in [-0.4, -0.2) is 21.7 Å². The molecular formula is C7H6ClN3O. The third-order valence-corrected chi connectivity index (χ3v) is 1.78. The summed E-state index contributed by atoms with van der Waals surface area (Å²) in [4.78, 5) is 4.10. The van der Waals surface area contributed by atoms with E-state index in [1.54, 1.807) is 30.1 Å². The Kier molecular flexibility index (Phi) is 1.62. The van der Waals surface area contributed by atoms with Crippen molar-refractivity contribution in [2.75, 3.05) is 7.11 Å². The quantitative estimate of drug-likeness (QED) is 0.671. The van der Waals surface area contributed by atoms with E-state index in [0.717, 1.165) is 0 Å². The van der Waals surface area contributed by atoms with E-state index >= 15 is 0 Å². The summed E-state index contributed by atoms with van der Waals surface area (Å²) < 4.78 is 6.52. The van der Waals surface area contributed by atoms with E-state index in [2.05, 4.69) is 10.1 Å². The van der Waals surface area contributed by atoms with Crippen molar-refractivity contribution in [1.82, 2.24) is 14.6 Å². The molecule has 0 aliphatic heterocycles. The highest BCUT2D eigenvalue weighted by Crippen LogP contribution is 2.16. The maximum absolute atomic E-state index is 5.80. The van der Waals surface area contributed by atoms with Crippen LogP contribution in [0.25, 0.3) is 5.65 Å². The minimum atomic E-state index is 0.522. The molecule has 0 saturated heterocycles. The van der Waals surface area contributed by atoms with Gasteiger partial charge in [0.2, 0.25) is 5.88 Å². The van der Waals surface area contributed by atoms with E-state index < -0.39 is 0 Å². The van der Waals surface area contributed by atoms with Crippen LogP contribution in [0.15, 0.2) is 18.5 Å². The molecule has 0 atom stereocenters. The van der Waals surface area contributed by atoms with Gasteiger partial charge in [0.25, 0.3) is 0 Å². The molecule has 62 valence electrons. The zero-order chi connectivity index (χ0) is 8.55. The van der Waals surface area contributed by atoms with E-state index in [4.69, 9.17) is 16.3 Å². The second-order valence-corrected chi connectivity index (χ2v) is 2.64. The largest absolute Gasteiger partial charge is 0.481 e. The van der Waals surface area contributed by atoms with Crippen LogP contribution >= 0.6 is 11.6 Å². The molecule has 0 spiro atoms. The lowest BCUT2D eigenvalue weighted by Crippen LogP contribution is -1.92. The van der Waals surface area contributed by atoms with Crippen LogP contribution in [-0.2, 0) is 0 Å². The van der Waals surface area contributed by atoms with E-state index in [0.29, 0.717) is 16.5 Å². The Morgan fingerprint density at radius 2 is 2.42 bits per heavy atom. The molecule has 0 aromatic carbocycles. The number of ether oxygens (including phenoxy) is 1. The van der Waals surface area contributed by atoms with Crippen molar-refractivity contribution in [2.45, 2.75) is 0 Å². The molecule has 0 fully saturated rings. The molecule has 0 radical (unpaired) electrons. The monoisotopic (exact) mass is 183 g/mol. The summed E-state index contributed by atoms with van der Waals surface area (Å²) in [6.07, 6.45) is 3.29. The van der Waals surface area contributed by atoms with Gasteiger partial charge in [-0.2, -0.15) is 10.1 Å². The van der Waals surface area contributed by atoms with Crippen LogP contribution in [0.1, 0.15) is 0 Å². The van der Waals surface area contributed by atoms with Gasteiger partial charge < -0.3 is 4.74 Å². The topological polar surface area (TPSA) is 39.4 Å². The lowest BCUT2D eigenvalue weighted by atomic mass is 10.6.